The van der Waals surface area contributed by atoms with Crippen LogP contribution in [0.25, 0.3) is 0 Å². The molecule has 19 heavy (non-hydrogen) atoms. The van der Waals surface area contributed by atoms with Crippen LogP contribution in [0.15, 0.2) is 42.5 Å². The molecule has 2 rings (SSSR count). The number of hydrogen-bond acceptors (Lipinski definition) is 3. The molecule has 5 heteroatoms. The van der Waals surface area contributed by atoms with E-state index in [4.69, 9.17) is 5.73 Å². The maximum absolute atomic E-state index is 13.1. The van der Waals surface area contributed by atoms with Gasteiger partial charge in [-0.05, 0) is 29.8 Å². The van der Waals surface area contributed by atoms with Gasteiger partial charge in [0.2, 0.25) is 0 Å². The molecular weight excluding hydrogens is 245 g/mol. The lowest BCUT2D eigenvalue weighted by atomic mass is 10.2. The van der Waals surface area contributed by atoms with E-state index in [2.05, 4.69) is 4.98 Å². The Bertz CT molecular complexity index is 601. The summed E-state index contributed by atoms with van der Waals surface area (Å²) in [5.74, 6) is -0.276. The van der Waals surface area contributed by atoms with E-state index in [1.165, 1.54) is 17.0 Å². The normalized spacial score (nSPS) is 10.2. The Balaban J connectivity index is 2.12. The fourth-order valence-corrected chi connectivity index (χ4v) is 1.75. The number of pyridine rings is 1. The smallest absolute Gasteiger partial charge is 0.272 e. The van der Waals surface area contributed by atoms with Gasteiger partial charge in [-0.2, -0.15) is 0 Å². The summed E-state index contributed by atoms with van der Waals surface area (Å²) in [5.41, 5.74) is 6.54. The number of rotatable bonds is 3. The monoisotopic (exact) mass is 259 g/mol. The zero-order chi connectivity index (χ0) is 13.8. The molecular formula is C14H14FN3O. The van der Waals surface area contributed by atoms with Gasteiger partial charge in [-0.15, -0.1) is 0 Å². The molecule has 0 atom stereocenters. The molecule has 1 aromatic carbocycles. The summed E-state index contributed by atoms with van der Waals surface area (Å²) in [5, 5.41) is 0. The van der Waals surface area contributed by atoms with Gasteiger partial charge in [-0.1, -0.05) is 18.2 Å². The maximum atomic E-state index is 13.1. The highest BCUT2D eigenvalue weighted by Crippen LogP contribution is 2.09. The van der Waals surface area contributed by atoms with E-state index in [1.54, 1.807) is 37.4 Å². The number of halogens is 1. The molecule has 0 spiro atoms. The molecule has 0 bridgehead atoms. The van der Waals surface area contributed by atoms with Crippen LogP contribution in [0.1, 0.15) is 16.1 Å². The summed E-state index contributed by atoms with van der Waals surface area (Å²) in [6, 6.07) is 11.0. The molecule has 0 radical (unpaired) electrons. The Labute approximate surface area is 110 Å². The SMILES string of the molecule is CN(Cc1cccc(F)c1)C(=O)c1cccc(N)n1. The minimum Gasteiger partial charge on any atom is -0.384 e. The molecule has 2 N–H and O–H groups in total. The van der Waals surface area contributed by atoms with Crippen LogP contribution in [-0.2, 0) is 6.54 Å². The Morgan fingerprint density at radius 1 is 1.32 bits per heavy atom. The maximum Gasteiger partial charge on any atom is 0.272 e. The third-order valence-electron chi connectivity index (χ3n) is 2.65. The predicted octanol–water partition coefficient (Wildman–Crippen LogP) is 2.08. The van der Waals surface area contributed by atoms with Crippen molar-refractivity contribution in [2.24, 2.45) is 0 Å². The fourth-order valence-electron chi connectivity index (χ4n) is 1.75. The number of anilines is 1. The molecule has 0 unspecified atom stereocenters. The van der Waals surface area contributed by atoms with Crippen LogP contribution in [0.3, 0.4) is 0 Å². The standard InChI is InChI=1S/C14H14FN3O/c1-18(9-10-4-2-5-11(15)8-10)14(19)12-6-3-7-13(16)17-12/h2-8H,9H2,1H3,(H2,16,17). The third kappa shape index (κ3) is 3.28. The highest BCUT2D eigenvalue weighted by atomic mass is 19.1. The lowest BCUT2D eigenvalue weighted by Gasteiger charge is -2.17. The number of carbonyl (C=O) groups is 1. The Hall–Kier alpha value is -2.43. The van der Waals surface area contributed by atoms with Gasteiger partial charge in [0.15, 0.2) is 0 Å². The number of amides is 1. The molecule has 0 saturated heterocycles. The average Bonchev–Trinajstić information content (AvgIpc) is 2.38. The Morgan fingerprint density at radius 2 is 2.05 bits per heavy atom. The van der Waals surface area contributed by atoms with Crippen LogP contribution >= 0.6 is 0 Å². The highest BCUT2D eigenvalue weighted by molar-refractivity contribution is 5.92. The minimum absolute atomic E-state index is 0.253. The number of nitrogen functional groups attached to an aromatic ring is 1. The van der Waals surface area contributed by atoms with Crippen molar-refractivity contribution in [2.75, 3.05) is 12.8 Å². The lowest BCUT2D eigenvalue weighted by Crippen LogP contribution is -2.27. The van der Waals surface area contributed by atoms with Gasteiger partial charge in [0.25, 0.3) is 5.91 Å². The van der Waals surface area contributed by atoms with Gasteiger partial charge in [0.1, 0.15) is 17.3 Å². The van der Waals surface area contributed by atoms with Crippen LogP contribution in [0, 0.1) is 5.82 Å². The number of nitrogens with two attached hydrogens (primary N) is 1. The van der Waals surface area contributed by atoms with Crippen molar-refractivity contribution >= 4 is 11.7 Å². The molecule has 1 heterocycles. The zero-order valence-corrected chi connectivity index (χ0v) is 10.5. The molecule has 0 aliphatic carbocycles. The second-order valence-electron chi connectivity index (χ2n) is 4.24. The topological polar surface area (TPSA) is 59.2 Å². The summed E-state index contributed by atoms with van der Waals surface area (Å²) in [6.45, 7) is 0.313. The Kier molecular flexibility index (Phi) is 3.75. The minimum atomic E-state index is -0.319. The van der Waals surface area contributed by atoms with Crippen molar-refractivity contribution < 1.29 is 9.18 Å². The first-order valence-corrected chi connectivity index (χ1v) is 5.78. The largest absolute Gasteiger partial charge is 0.384 e. The van der Waals surface area contributed by atoms with Gasteiger partial charge >= 0.3 is 0 Å². The van der Waals surface area contributed by atoms with E-state index in [0.717, 1.165) is 5.56 Å². The van der Waals surface area contributed by atoms with Gasteiger partial charge in [-0.25, -0.2) is 9.37 Å². The number of nitrogens with zero attached hydrogens (tertiary/aromatic N) is 2. The summed E-state index contributed by atoms with van der Waals surface area (Å²) < 4.78 is 13.1. The summed E-state index contributed by atoms with van der Waals surface area (Å²) in [4.78, 5) is 17.5. The lowest BCUT2D eigenvalue weighted by molar-refractivity contribution is 0.0779. The van der Waals surface area contributed by atoms with Gasteiger partial charge < -0.3 is 10.6 Å². The van der Waals surface area contributed by atoms with Crippen molar-refractivity contribution in [1.82, 2.24) is 9.88 Å². The first-order chi connectivity index (χ1) is 9.06. The molecule has 4 nitrogen and oxygen atoms in total. The molecule has 98 valence electrons. The van der Waals surface area contributed by atoms with E-state index in [1.807, 2.05) is 0 Å². The van der Waals surface area contributed by atoms with Crippen LogP contribution < -0.4 is 5.73 Å². The number of aromatic nitrogens is 1. The quantitative estimate of drug-likeness (QED) is 0.918. The van der Waals surface area contributed by atoms with E-state index in [0.29, 0.717) is 12.4 Å². The van der Waals surface area contributed by atoms with Crippen molar-refractivity contribution in [3.8, 4) is 0 Å². The summed E-state index contributed by atoms with van der Waals surface area (Å²) in [6.07, 6.45) is 0. The van der Waals surface area contributed by atoms with E-state index in [-0.39, 0.29) is 17.4 Å². The van der Waals surface area contributed by atoms with Crippen LogP contribution in [-0.4, -0.2) is 22.8 Å². The second-order valence-corrected chi connectivity index (χ2v) is 4.24. The van der Waals surface area contributed by atoms with Gasteiger partial charge in [0.05, 0.1) is 0 Å². The first-order valence-electron chi connectivity index (χ1n) is 5.78. The predicted molar refractivity (Wildman–Crippen MR) is 70.8 cm³/mol. The van der Waals surface area contributed by atoms with E-state index < -0.39 is 0 Å². The summed E-state index contributed by atoms with van der Waals surface area (Å²) in [7, 11) is 1.64. The molecule has 0 fully saturated rings. The number of benzene rings is 1. The second kappa shape index (κ2) is 5.48. The van der Waals surface area contributed by atoms with Crippen molar-refractivity contribution in [3.63, 3.8) is 0 Å². The molecule has 0 saturated carbocycles. The van der Waals surface area contributed by atoms with E-state index in [9.17, 15) is 9.18 Å². The van der Waals surface area contributed by atoms with Crippen LogP contribution in [0.4, 0.5) is 10.2 Å². The molecule has 0 aliphatic rings. The first kappa shape index (κ1) is 13.0. The third-order valence-corrected chi connectivity index (χ3v) is 2.65. The number of carbonyl (C=O) groups excluding carboxylic acids is 1. The Morgan fingerprint density at radius 3 is 2.74 bits per heavy atom. The molecule has 1 aromatic heterocycles. The zero-order valence-electron chi connectivity index (χ0n) is 10.5. The molecule has 1 amide bonds. The van der Waals surface area contributed by atoms with Crippen molar-refractivity contribution in [2.45, 2.75) is 6.54 Å². The molecule has 0 aliphatic heterocycles. The number of hydrogen-bond donors (Lipinski definition) is 1. The molecule has 2 aromatic rings. The fraction of sp³-hybridized carbons (Fsp3) is 0.143. The van der Waals surface area contributed by atoms with Crippen LogP contribution in [0.5, 0.6) is 0 Å². The average molecular weight is 259 g/mol. The summed E-state index contributed by atoms with van der Waals surface area (Å²) >= 11 is 0. The van der Waals surface area contributed by atoms with Crippen LogP contribution in [0.2, 0.25) is 0 Å². The highest BCUT2D eigenvalue weighted by Gasteiger charge is 2.13. The van der Waals surface area contributed by atoms with Crippen molar-refractivity contribution in [1.29, 1.82) is 0 Å². The van der Waals surface area contributed by atoms with E-state index >= 15 is 0 Å². The van der Waals surface area contributed by atoms with Gasteiger partial charge in [-0.3, -0.25) is 4.79 Å². The van der Waals surface area contributed by atoms with Gasteiger partial charge in [0, 0.05) is 13.6 Å². The van der Waals surface area contributed by atoms with Crippen molar-refractivity contribution in [3.05, 3.63) is 59.5 Å².